The van der Waals surface area contributed by atoms with Gasteiger partial charge in [-0.1, -0.05) is 75.4 Å². The van der Waals surface area contributed by atoms with Crippen LogP contribution in [0.1, 0.15) is 49.2 Å². The molecule has 0 aliphatic heterocycles. The van der Waals surface area contributed by atoms with E-state index in [9.17, 15) is 4.79 Å². The summed E-state index contributed by atoms with van der Waals surface area (Å²) in [6.45, 7) is 10.2. The molecule has 0 saturated carbocycles. The zero-order valence-electron chi connectivity index (χ0n) is 19.2. The summed E-state index contributed by atoms with van der Waals surface area (Å²) in [5.74, 6) is -0.0830. The maximum Gasteiger partial charge on any atom is 0.193 e. The predicted octanol–water partition coefficient (Wildman–Crippen LogP) is 6.11. The van der Waals surface area contributed by atoms with E-state index in [0.29, 0.717) is 5.56 Å². The SMILES string of the molecule is Cc1cccc2nc3ccccc3c(NNOC(C)C(=O)c3ccc(C(C)(C)C)cc3)c12. The van der Waals surface area contributed by atoms with E-state index >= 15 is 0 Å². The van der Waals surface area contributed by atoms with Crippen LogP contribution in [0, 0.1) is 6.92 Å². The van der Waals surface area contributed by atoms with E-state index in [4.69, 9.17) is 9.82 Å². The standard InChI is InChI=1S/C27H29N3O2/c1-17-9-8-12-23-24(17)25(21-10-6-7-11-22(21)28-23)29-30-32-18(2)26(31)19-13-15-20(16-14-19)27(3,4)5/h6-16,18,30H,1-5H3,(H,28,29). The number of hydrazine groups is 1. The number of fused-ring (bicyclic) bond motifs is 2. The number of para-hydroxylation sites is 1. The van der Waals surface area contributed by atoms with Crippen molar-refractivity contribution in [2.45, 2.75) is 46.1 Å². The van der Waals surface area contributed by atoms with Crippen molar-refractivity contribution in [3.05, 3.63) is 83.4 Å². The van der Waals surface area contributed by atoms with Gasteiger partial charge in [0.05, 0.1) is 16.7 Å². The van der Waals surface area contributed by atoms with Crippen LogP contribution < -0.4 is 11.0 Å². The molecule has 0 saturated heterocycles. The van der Waals surface area contributed by atoms with Gasteiger partial charge in [-0.2, -0.15) is 0 Å². The highest BCUT2D eigenvalue weighted by Crippen LogP contribution is 2.32. The molecule has 1 atom stereocenters. The number of carbonyl (C=O) groups is 1. The Morgan fingerprint density at radius 3 is 2.34 bits per heavy atom. The van der Waals surface area contributed by atoms with Crippen LogP contribution in [0.2, 0.25) is 0 Å². The van der Waals surface area contributed by atoms with E-state index in [1.807, 2.05) is 60.7 Å². The van der Waals surface area contributed by atoms with Gasteiger partial charge in [0.2, 0.25) is 0 Å². The lowest BCUT2D eigenvalue weighted by atomic mass is 9.86. The fourth-order valence-electron chi connectivity index (χ4n) is 3.84. The zero-order valence-corrected chi connectivity index (χ0v) is 19.2. The summed E-state index contributed by atoms with van der Waals surface area (Å²) in [7, 11) is 0. The summed E-state index contributed by atoms with van der Waals surface area (Å²) in [4.78, 5) is 23.3. The molecule has 1 heterocycles. The number of aryl methyl sites for hydroxylation is 1. The normalized spacial score (nSPS) is 12.8. The van der Waals surface area contributed by atoms with Crippen LogP contribution in [0.5, 0.6) is 0 Å². The van der Waals surface area contributed by atoms with Gasteiger partial charge in [0.1, 0.15) is 6.10 Å². The minimum absolute atomic E-state index is 0.0450. The third-order valence-electron chi connectivity index (χ3n) is 5.73. The first kappa shape index (κ1) is 21.9. The van der Waals surface area contributed by atoms with Crippen LogP contribution in [0.3, 0.4) is 0 Å². The van der Waals surface area contributed by atoms with Crippen molar-refractivity contribution in [2.24, 2.45) is 0 Å². The summed E-state index contributed by atoms with van der Waals surface area (Å²) in [5, 5.41) is 1.99. The summed E-state index contributed by atoms with van der Waals surface area (Å²) >= 11 is 0. The molecule has 3 aromatic carbocycles. The van der Waals surface area contributed by atoms with Crippen molar-refractivity contribution >= 4 is 33.3 Å². The number of carbonyl (C=O) groups excluding carboxylic acids is 1. The summed E-state index contributed by atoms with van der Waals surface area (Å²) in [5.41, 5.74) is 11.6. The molecule has 2 N–H and O–H groups in total. The van der Waals surface area contributed by atoms with Crippen molar-refractivity contribution in [1.82, 2.24) is 10.6 Å². The Balaban J connectivity index is 1.52. The van der Waals surface area contributed by atoms with E-state index in [0.717, 1.165) is 33.1 Å². The van der Waals surface area contributed by atoms with Gasteiger partial charge in [0, 0.05) is 16.3 Å². The number of rotatable bonds is 6. The smallest absolute Gasteiger partial charge is 0.193 e. The van der Waals surface area contributed by atoms with Crippen molar-refractivity contribution in [3.63, 3.8) is 0 Å². The van der Waals surface area contributed by atoms with Gasteiger partial charge in [0.15, 0.2) is 5.78 Å². The second-order valence-corrected chi connectivity index (χ2v) is 9.15. The molecule has 1 unspecified atom stereocenters. The van der Waals surface area contributed by atoms with Gasteiger partial charge in [0.25, 0.3) is 0 Å². The minimum atomic E-state index is -0.663. The Morgan fingerprint density at radius 2 is 1.62 bits per heavy atom. The molecule has 0 fully saturated rings. The lowest BCUT2D eigenvalue weighted by molar-refractivity contribution is 0.00520. The number of nitrogens with one attached hydrogen (secondary N) is 2. The molecule has 1 aromatic heterocycles. The van der Waals surface area contributed by atoms with Gasteiger partial charge < -0.3 is 0 Å². The number of pyridine rings is 1. The second kappa shape index (κ2) is 8.69. The lowest BCUT2D eigenvalue weighted by Gasteiger charge is -2.20. The number of aromatic nitrogens is 1. The Hall–Kier alpha value is -3.28. The third-order valence-corrected chi connectivity index (χ3v) is 5.73. The Kier molecular flexibility index (Phi) is 5.96. The fraction of sp³-hybridized carbons (Fsp3) is 0.259. The monoisotopic (exact) mass is 427 g/mol. The van der Waals surface area contributed by atoms with Gasteiger partial charge in [-0.3, -0.25) is 15.1 Å². The Bertz CT molecular complexity index is 1270. The van der Waals surface area contributed by atoms with E-state index in [1.54, 1.807) is 6.92 Å². The summed E-state index contributed by atoms with van der Waals surface area (Å²) < 4.78 is 0. The number of anilines is 1. The number of ketones is 1. The van der Waals surface area contributed by atoms with Crippen LogP contribution in [0.4, 0.5) is 5.69 Å². The molecule has 32 heavy (non-hydrogen) atoms. The third kappa shape index (κ3) is 4.35. The van der Waals surface area contributed by atoms with Gasteiger partial charge in [-0.25, -0.2) is 4.98 Å². The molecule has 4 rings (SSSR count). The maximum atomic E-state index is 12.8. The summed E-state index contributed by atoms with van der Waals surface area (Å²) in [6, 6.07) is 21.7. The van der Waals surface area contributed by atoms with Gasteiger partial charge >= 0.3 is 0 Å². The first-order valence-electron chi connectivity index (χ1n) is 10.8. The molecule has 5 nitrogen and oxygen atoms in total. The number of hydrogen-bond acceptors (Lipinski definition) is 5. The van der Waals surface area contributed by atoms with E-state index in [2.05, 4.69) is 44.8 Å². The van der Waals surface area contributed by atoms with Crippen LogP contribution in [0.25, 0.3) is 21.8 Å². The van der Waals surface area contributed by atoms with Gasteiger partial charge in [-0.05, 0) is 42.5 Å². The molecule has 164 valence electrons. The second-order valence-electron chi connectivity index (χ2n) is 9.15. The molecule has 0 aliphatic rings. The molecular weight excluding hydrogens is 398 g/mol. The molecule has 0 aliphatic carbocycles. The van der Waals surface area contributed by atoms with E-state index in [-0.39, 0.29) is 11.2 Å². The first-order chi connectivity index (χ1) is 15.3. The fourth-order valence-corrected chi connectivity index (χ4v) is 3.84. The Morgan fingerprint density at radius 1 is 0.938 bits per heavy atom. The van der Waals surface area contributed by atoms with Crippen LogP contribution >= 0.6 is 0 Å². The number of nitrogens with zero attached hydrogens (tertiary/aromatic N) is 1. The van der Waals surface area contributed by atoms with E-state index < -0.39 is 6.10 Å². The average molecular weight is 428 g/mol. The number of benzene rings is 3. The van der Waals surface area contributed by atoms with Crippen LogP contribution in [-0.4, -0.2) is 16.9 Å². The molecule has 0 spiro atoms. The zero-order chi connectivity index (χ0) is 22.9. The maximum absolute atomic E-state index is 12.8. The van der Waals surface area contributed by atoms with Gasteiger partial charge in [-0.15, -0.1) is 5.59 Å². The van der Waals surface area contributed by atoms with Crippen molar-refractivity contribution in [2.75, 3.05) is 5.43 Å². The molecule has 4 aromatic rings. The first-order valence-corrected chi connectivity index (χ1v) is 10.8. The largest absolute Gasteiger partial charge is 0.297 e. The molecule has 0 amide bonds. The molecule has 0 radical (unpaired) electrons. The Labute approximate surface area is 188 Å². The number of Topliss-reactive ketones (excluding diaryl/α,β-unsaturated/α-hetero) is 1. The van der Waals surface area contributed by atoms with Crippen molar-refractivity contribution in [1.29, 1.82) is 0 Å². The molecule has 0 bridgehead atoms. The highest BCUT2D eigenvalue weighted by Gasteiger charge is 2.19. The predicted molar refractivity (Wildman–Crippen MR) is 131 cm³/mol. The van der Waals surface area contributed by atoms with Crippen LogP contribution in [-0.2, 0) is 10.3 Å². The molecule has 5 heteroatoms. The highest BCUT2D eigenvalue weighted by molar-refractivity contribution is 6.08. The van der Waals surface area contributed by atoms with E-state index in [1.165, 1.54) is 5.56 Å². The average Bonchev–Trinajstić information content (AvgIpc) is 2.77. The summed E-state index contributed by atoms with van der Waals surface area (Å²) in [6.07, 6.45) is -0.663. The van der Waals surface area contributed by atoms with Crippen molar-refractivity contribution < 1.29 is 9.63 Å². The van der Waals surface area contributed by atoms with Crippen LogP contribution in [0.15, 0.2) is 66.7 Å². The lowest BCUT2D eigenvalue weighted by Crippen LogP contribution is -2.32. The molecular formula is C27H29N3O2. The number of hydrogen-bond donors (Lipinski definition) is 2. The van der Waals surface area contributed by atoms with Crippen molar-refractivity contribution in [3.8, 4) is 0 Å². The minimum Gasteiger partial charge on any atom is -0.297 e. The topological polar surface area (TPSA) is 63.3 Å². The highest BCUT2D eigenvalue weighted by atomic mass is 16.7. The quantitative estimate of drug-likeness (QED) is 0.221.